The van der Waals surface area contributed by atoms with Gasteiger partial charge in [-0.3, -0.25) is 0 Å². The summed E-state index contributed by atoms with van der Waals surface area (Å²) in [7, 11) is 0. The van der Waals surface area contributed by atoms with E-state index < -0.39 is 0 Å². The smallest absolute Gasteiger partial charge is 0.0544 e. The van der Waals surface area contributed by atoms with Crippen molar-refractivity contribution >= 4 is 21.8 Å². The van der Waals surface area contributed by atoms with E-state index in [0.29, 0.717) is 0 Å². The predicted octanol–water partition coefficient (Wildman–Crippen LogP) is 9.91. The number of H-pyrrole nitrogens is 1. The number of fused-ring (bicyclic) bond motifs is 6. The fourth-order valence-corrected chi connectivity index (χ4v) is 5.78. The molecule has 0 unspecified atom stereocenters. The molecule has 1 aliphatic rings. The van der Waals surface area contributed by atoms with E-state index >= 15 is 0 Å². The SMILES string of the molecule is c1ccc(-c2cccc3c2Cc2ccccc2-3)cc1.c1ccc(-c2cccc3c2[nH]c2ccccc23)cc1. The van der Waals surface area contributed by atoms with Crippen LogP contribution in [0.4, 0.5) is 0 Å². The third-order valence-electron chi connectivity index (χ3n) is 7.56. The summed E-state index contributed by atoms with van der Waals surface area (Å²) in [4.78, 5) is 3.55. The largest absolute Gasteiger partial charge is 0.354 e. The van der Waals surface area contributed by atoms with Crippen LogP contribution in [0.15, 0.2) is 146 Å². The van der Waals surface area contributed by atoms with Crippen molar-refractivity contribution in [2.45, 2.75) is 6.42 Å². The zero-order valence-corrected chi connectivity index (χ0v) is 21.1. The molecule has 8 rings (SSSR count). The van der Waals surface area contributed by atoms with Crippen LogP contribution >= 0.6 is 0 Å². The molecule has 0 atom stereocenters. The van der Waals surface area contributed by atoms with Crippen molar-refractivity contribution in [2.75, 3.05) is 0 Å². The summed E-state index contributed by atoms with van der Waals surface area (Å²) in [5.74, 6) is 0. The van der Waals surface area contributed by atoms with Gasteiger partial charge in [0.05, 0.1) is 5.52 Å². The number of benzene rings is 6. The Balaban J connectivity index is 0.000000127. The van der Waals surface area contributed by atoms with Gasteiger partial charge in [0.15, 0.2) is 0 Å². The number of para-hydroxylation sites is 2. The molecule has 7 aromatic rings. The summed E-state index contributed by atoms with van der Waals surface area (Å²) in [5.41, 5.74) is 13.3. The molecule has 1 heteroatoms. The van der Waals surface area contributed by atoms with Crippen LogP contribution in [0.2, 0.25) is 0 Å². The highest BCUT2D eigenvalue weighted by molar-refractivity contribution is 6.11. The first kappa shape index (κ1) is 22.3. The maximum Gasteiger partial charge on any atom is 0.0544 e. The lowest BCUT2D eigenvalue weighted by Gasteiger charge is -2.08. The lowest BCUT2D eigenvalue weighted by Crippen LogP contribution is -1.87. The van der Waals surface area contributed by atoms with Gasteiger partial charge in [0.1, 0.15) is 0 Å². The van der Waals surface area contributed by atoms with Gasteiger partial charge in [-0.25, -0.2) is 0 Å². The van der Waals surface area contributed by atoms with Gasteiger partial charge in [0, 0.05) is 21.9 Å². The van der Waals surface area contributed by atoms with Crippen LogP contribution in [-0.4, -0.2) is 4.98 Å². The second kappa shape index (κ2) is 9.53. The minimum absolute atomic E-state index is 1.05. The molecule has 0 saturated carbocycles. The van der Waals surface area contributed by atoms with Gasteiger partial charge in [0.2, 0.25) is 0 Å². The Morgan fingerprint density at radius 2 is 0.947 bits per heavy atom. The highest BCUT2D eigenvalue weighted by Gasteiger charge is 2.20. The molecule has 0 fully saturated rings. The summed E-state index contributed by atoms with van der Waals surface area (Å²) in [6, 6.07) is 51.5. The van der Waals surface area contributed by atoms with Gasteiger partial charge in [-0.05, 0) is 51.4 Å². The van der Waals surface area contributed by atoms with Crippen molar-refractivity contribution in [3.8, 4) is 33.4 Å². The van der Waals surface area contributed by atoms with Crippen molar-refractivity contribution in [3.63, 3.8) is 0 Å². The maximum absolute atomic E-state index is 3.55. The van der Waals surface area contributed by atoms with Crippen molar-refractivity contribution in [1.82, 2.24) is 4.98 Å². The molecule has 1 heterocycles. The Morgan fingerprint density at radius 3 is 1.76 bits per heavy atom. The number of rotatable bonds is 2. The number of aromatic amines is 1. The Kier molecular flexibility index (Phi) is 5.60. The molecule has 0 amide bonds. The Morgan fingerprint density at radius 1 is 0.395 bits per heavy atom. The van der Waals surface area contributed by atoms with Crippen molar-refractivity contribution < 1.29 is 0 Å². The maximum atomic E-state index is 3.55. The van der Waals surface area contributed by atoms with E-state index in [4.69, 9.17) is 0 Å². The summed E-state index contributed by atoms with van der Waals surface area (Å²) in [6.07, 6.45) is 1.05. The normalized spacial score (nSPS) is 11.6. The molecular formula is C37H27N. The number of hydrogen-bond donors (Lipinski definition) is 1. The zero-order valence-electron chi connectivity index (χ0n) is 21.1. The highest BCUT2D eigenvalue weighted by Crippen LogP contribution is 2.41. The van der Waals surface area contributed by atoms with E-state index in [0.717, 1.165) is 6.42 Å². The number of hydrogen-bond acceptors (Lipinski definition) is 0. The van der Waals surface area contributed by atoms with E-state index in [9.17, 15) is 0 Å². The quantitative estimate of drug-likeness (QED) is 0.251. The molecule has 1 aromatic heterocycles. The van der Waals surface area contributed by atoms with Crippen molar-refractivity contribution in [2.24, 2.45) is 0 Å². The third kappa shape index (κ3) is 3.90. The zero-order chi connectivity index (χ0) is 25.3. The minimum atomic E-state index is 1.05. The van der Waals surface area contributed by atoms with Crippen LogP contribution in [0.5, 0.6) is 0 Å². The van der Waals surface area contributed by atoms with E-state index in [1.54, 1.807) is 0 Å². The van der Waals surface area contributed by atoms with Crippen LogP contribution in [0.25, 0.3) is 55.2 Å². The summed E-state index contributed by atoms with van der Waals surface area (Å²) in [5, 5.41) is 2.58. The molecule has 1 aliphatic carbocycles. The summed E-state index contributed by atoms with van der Waals surface area (Å²) >= 11 is 0. The van der Waals surface area contributed by atoms with Gasteiger partial charge in [-0.2, -0.15) is 0 Å². The van der Waals surface area contributed by atoms with Crippen LogP contribution in [0.1, 0.15) is 11.1 Å². The molecule has 0 saturated heterocycles. The van der Waals surface area contributed by atoms with Gasteiger partial charge in [-0.1, -0.05) is 140 Å². The van der Waals surface area contributed by atoms with Crippen LogP contribution in [0, 0.1) is 0 Å². The Labute approximate surface area is 223 Å². The molecule has 0 aliphatic heterocycles. The third-order valence-corrected chi connectivity index (χ3v) is 7.56. The first-order valence-electron chi connectivity index (χ1n) is 13.2. The fraction of sp³-hybridized carbons (Fsp3) is 0.0270. The molecule has 0 spiro atoms. The van der Waals surface area contributed by atoms with Gasteiger partial charge in [0.25, 0.3) is 0 Å². The number of aromatic nitrogens is 1. The molecular weight excluding hydrogens is 458 g/mol. The van der Waals surface area contributed by atoms with Crippen LogP contribution in [0.3, 0.4) is 0 Å². The summed E-state index contributed by atoms with van der Waals surface area (Å²) in [6.45, 7) is 0. The van der Waals surface area contributed by atoms with Gasteiger partial charge in [-0.15, -0.1) is 0 Å². The second-order valence-corrected chi connectivity index (χ2v) is 9.80. The Bertz CT molecular complexity index is 1880. The van der Waals surface area contributed by atoms with Crippen molar-refractivity contribution in [1.29, 1.82) is 0 Å². The van der Waals surface area contributed by atoms with Gasteiger partial charge < -0.3 is 4.98 Å². The molecule has 6 aromatic carbocycles. The average molecular weight is 486 g/mol. The topological polar surface area (TPSA) is 15.8 Å². The Hall–Kier alpha value is -4.88. The first-order chi connectivity index (χ1) is 18.9. The lowest BCUT2D eigenvalue weighted by molar-refractivity contribution is 1.26. The van der Waals surface area contributed by atoms with Crippen LogP contribution in [-0.2, 0) is 6.42 Å². The second-order valence-electron chi connectivity index (χ2n) is 9.80. The first-order valence-corrected chi connectivity index (χ1v) is 13.2. The molecule has 0 radical (unpaired) electrons. The predicted molar refractivity (Wildman–Crippen MR) is 161 cm³/mol. The monoisotopic (exact) mass is 485 g/mol. The molecule has 180 valence electrons. The average Bonchev–Trinajstić information content (AvgIpc) is 3.57. The molecule has 1 N–H and O–H groups in total. The fourth-order valence-electron chi connectivity index (χ4n) is 5.78. The van der Waals surface area contributed by atoms with E-state index in [1.807, 2.05) is 0 Å². The van der Waals surface area contributed by atoms with E-state index in [-0.39, 0.29) is 0 Å². The number of nitrogens with one attached hydrogen (secondary N) is 1. The standard InChI is InChI=1S/C19H14.C18H13N/c1-2-7-14(8-3-1)16-11-6-12-18-17-10-5-4-9-15(17)13-19(16)18;1-2-7-13(8-3-1)14-10-6-11-16-15-9-4-5-12-17(15)19-18(14)16/h1-12H,13H2;1-12,19H. The molecule has 38 heavy (non-hydrogen) atoms. The van der Waals surface area contributed by atoms with Crippen molar-refractivity contribution in [3.05, 3.63) is 157 Å². The minimum Gasteiger partial charge on any atom is -0.354 e. The van der Waals surface area contributed by atoms with E-state index in [1.165, 1.54) is 66.3 Å². The highest BCUT2D eigenvalue weighted by atomic mass is 14.7. The van der Waals surface area contributed by atoms with Gasteiger partial charge >= 0.3 is 0 Å². The lowest BCUT2D eigenvalue weighted by atomic mass is 9.96. The van der Waals surface area contributed by atoms with Crippen LogP contribution < -0.4 is 0 Å². The summed E-state index contributed by atoms with van der Waals surface area (Å²) < 4.78 is 0. The molecule has 0 bridgehead atoms. The van der Waals surface area contributed by atoms with E-state index in [2.05, 4.69) is 151 Å². The molecule has 1 nitrogen and oxygen atoms in total.